The Morgan fingerprint density at radius 2 is 2.13 bits per heavy atom. The van der Waals surface area contributed by atoms with E-state index in [4.69, 9.17) is 0 Å². The normalized spacial score (nSPS) is 11.2. The van der Waals surface area contributed by atoms with E-state index < -0.39 is 5.82 Å². The molecule has 0 fully saturated rings. The number of carbonyl (C=O) groups is 1. The van der Waals surface area contributed by atoms with Crippen LogP contribution in [0, 0.1) is 5.82 Å². The number of rotatable bonds is 4. The maximum absolute atomic E-state index is 13.5. The van der Waals surface area contributed by atoms with Crippen LogP contribution in [-0.2, 0) is 11.2 Å². The summed E-state index contributed by atoms with van der Waals surface area (Å²) in [5, 5.41) is 4.81. The van der Waals surface area contributed by atoms with Gasteiger partial charge in [-0.05, 0) is 29.8 Å². The predicted octanol–water partition coefficient (Wildman–Crippen LogP) is 3.76. The fourth-order valence-electron chi connectivity index (χ4n) is 2.28. The molecule has 23 heavy (non-hydrogen) atoms. The maximum Gasteiger partial charge on any atom is 0.244 e. The molecule has 0 spiro atoms. The molecule has 1 amide bonds. The molecule has 4 nitrogen and oxygen atoms in total. The summed E-state index contributed by atoms with van der Waals surface area (Å²) in [6, 6.07) is 12.3. The molecule has 116 valence electrons. The lowest BCUT2D eigenvalue weighted by molar-refractivity contribution is -0.120. The Kier molecular flexibility index (Phi) is 4.52. The van der Waals surface area contributed by atoms with Crippen molar-refractivity contribution in [3.05, 3.63) is 70.1 Å². The molecule has 3 rings (SSSR count). The van der Waals surface area contributed by atoms with Gasteiger partial charge in [-0.25, -0.2) is 9.82 Å². The molecule has 6 heteroatoms. The highest BCUT2D eigenvalue weighted by Gasteiger charge is 2.07. The van der Waals surface area contributed by atoms with Crippen molar-refractivity contribution >= 4 is 39.0 Å². The van der Waals surface area contributed by atoms with Crippen LogP contribution in [0.15, 0.2) is 58.2 Å². The minimum atomic E-state index is -0.400. The summed E-state index contributed by atoms with van der Waals surface area (Å²) in [5.74, 6) is -0.663. The van der Waals surface area contributed by atoms with E-state index in [1.807, 2.05) is 30.5 Å². The molecule has 2 N–H and O–H groups in total. The zero-order chi connectivity index (χ0) is 16.2. The quantitative estimate of drug-likeness (QED) is 0.530. The second-order valence-corrected chi connectivity index (χ2v) is 5.91. The number of hydrazone groups is 1. The minimum Gasteiger partial charge on any atom is -0.361 e. The Hall–Kier alpha value is -2.47. The zero-order valence-corrected chi connectivity index (χ0v) is 13.6. The molecule has 1 aromatic heterocycles. The molecule has 3 aromatic rings. The molecule has 0 unspecified atom stereocenters. The van der Waals surface area contributed by atoms with Crippen molar-refractivity contribution in [1.29, 1.82) is 0 Å². The van der Waals surface area contributed by atoms with E-state index in [0.29, 0.717) is 5.56 Å². The number of hydrogen-bond acceptors (Lipinski definition) is 2. The number of amides is 1. The van der Waals surface area contributed by atoms with Crippen LogP contribution in [0.2, 0.25) is 0 Å². The molecule has 0 aliphatic heterocycles. The fourth-order valence-corrected chi connectivity index (χ4v) is 2.66. The van der Waals surface area contributed by atoms with Crippen LogP contribution in [0.3, 0.4) is 0 Å². The Balaban J connectivity index is 1.66. The summed E-state index contributed by atoms with van der Waals surface area (Å²) in [6.45, 7) is 0. The maximum atomic E-state index is 13.5. The number of carbonyl (C=O) groups excluding carboxylic acids is 1. The van der Waals surface area contributed by atoms with Crippen molar-refractivity contribution in [3.8, 4) is 0 Å². The van der Waals surface area contributed by atoms with Crippen molar-refractivity contribution < 1.29 is 9.18 Å². The number of nitrogens with one attached hydrogen (secondary N) is 2. The van der Waals surface area contributed by atoms with Crippen LogP contribution in [0.4, 0.5) is 4.39 Å². The fraction of sp³-hybridized carbons (Fsp3) is 0.0588. The van der Waals surface area contributed by atoms with E-state index >= 15 is 0 Å². The molecule has 0 aliphatic rings. The van der Waals surface area contributed by atoms with Gasteiger partial charge in [0.25, 0.3) is 0 Å². The number of aromatic amines is 1. The smallest absolute Gasteiger partial charge is 0.244 e. The number of fused-ring (bicyclic) bond motifs is 1. The molecule has 0 saturated carbocycles. The van der Waals surface area contributed by atoms with Gasteiger partial charge in [-0.1, -0.05) is 34.1 Å². The average Bonchev–Trinajstić information content (AvgIpc) is 2.94. The Morgan fingerprint density at radius 3 is 3.00 bits per heavy atom. The molecule has 0 aliphatic carbocycles. The first-order valence-corrected chi connectivity index (χ1v) is 7.75. The second kappa shape index (κ2) is 6.75. The predicted molar refractivity (Wildman–Crippen MR) is 91.8 cm³/mol. The van der Waals surface area contributed by atoms with Gasteiger partial charge in [0.2, 0.25) is 5.91 Å². The molecule has 0 radical (unpaired) electrons. The summed E-state index contributed by atoms with van der Waals surface area (Å²) in [6.07, 6.45) is 3.29. The Bertz CT molecular complexity index is 888. The van der Waals surface area contributed by atoms with Crippen molar-refractivity contribution in [2.45, 2.75) is 6.42 Å². The van der Waals surface area contributed by atoms with Crippen LogP contribution in [0.1, 0.15) is 11.1 Å². The van der Waals surface area contributed by atoms with E-state index in [9.17, 15) is 9.18 Å². The van der Waals surface area contributed by atoms with Gasteiger partial charge in [-0.3, -0.25) is 4.79 Å². The highest BCUT2D eigenvalue weighted by atomic mass is 79.9. The first-order chi connectivity index (χ1) is 11.1. The minimum absolute atomic E-state index is 0.197. The van der Waals surface area contributed by atoms with Gasteiger partial charge in [-0.2, -0.15) is 5.10 Å². The van der Waals surface area contributed by atoms with Gasteiger partial charge in [0.15, 0.2) is 0 Å². The molecule has 0 atom stereocenters. The summed E-state index contributed by atoms with van der Waals surface area (Å²) in [7, 11) is 0. The third-order valence-electron chi connectivity index (χ3n) is 3.38. The monoisotopic (exact) mass is 373 g/mol. The molecule has 0 bridgehead atoms. The number of halogens is 2. The Morgan fingerprint density at radius 1 is 1.30 bits per heavy atom. The lowest BCUT2D eigenvalue weighted by Crippen LogP contribution is -2.19. The topological polar surface area (TPSA) is 57.2 Å². The molecule has 2 aromatic carbocycles. The first kappa shape index (κ1) is 15.4. The van der Waals surface area contributed by atoms with Gasteiger partial charge in [0, 0.05) is 27.1 Å². The van der Waals surface area contributed by atoms with Crippen LogP contribution in [0.25, 0.3) is 10.9 Å². The number of aromatic nitrogens is 1. The summed E-state index contributed by atoms with van der Waals surface area (Å²) >= 11 is 3.26. The van der Waals surface area contributed by atoms with Crippen LogP contribution in [0.5, 0.6) is 0 Å². The van der Waals surface area contributed by atoms with E-state index in [2.05, 4.69) is 31.4 Å². The summed E-state index contributed by atoms with van der Waals surface area (Å²) < 4.78 is 14.3. The standard InChI is InChI=1S/C17H13BrFN3O/c18-13-5-6-15(19)12(7-13)10-21-22-17(23)8-11-9-20-16-4-2-1-3-14(11)16/h1-7,9-10,20H,8H2,(H,22,23)/b21-10-. The highest BCUT2D eigenvalue weighted by Crippen LogP contribution is 2.18. The number of hydrogen-bond donors (Lipinski definition) is 2. The molecule has 1 heterocycles. The third-order valence-corrected chi connectivity index (χ3v) is 3.87. The lowest BCUT2D eigenvalue weighted by atomic mass is 10.1. The van der Waals surface area contributed by atoms with Crippen molar-refractivity contribution in [2.75, 3.05) is 0 Å². The van der Waals surface area contributed by atoms with Crippen LogP contribution < -0.4 is 5.43 Å². The van der Waals surface area contributed by atoms with Crippen molar-refractivity contribution in [1.82, 2.24) is 10.4 Å². The van der Waals surface area contributed by atoms with Gasteiger partial charge >= 0.3 is 0 Å². The van der Waals surface area contributed by atoms with Crippen LogP contribution in [-0.4, -0.2) is 17.1 Å². The van der Waals surface area contributed by atoms with Gasteiger partial charge < -0.3 is 4.98 Å². The number of nitrogens with zero attached hydrogens (tertiary/aromatic N) is 1. The summed E-state index contributed by atoms with van der Waals surface area (Å²) in [5.41, 5.74) is 4.59. The first-order valence-electron chi connectivity index (χ1n) is 6.95. The largest absolute Gasteiger partial charge is 0.361 e. The molecular weight excluding hydrogens is 361 g/mol. The van der Waals surface area contributed by atoms with E-state index in [1.54, 1.807) is 12.1 Å². The number of para-hydroxylation sites is 1. The second-order valence-electron chi connectivity index (χ2n) is 5.00. The van der Waals surface area contributed by atoms with Gasteiger partial charge in [0.1, 0.15) is 5.82 Å². The number of H-pyrrole nitrogens is 1. The van der Waals surface area contributed by atoms with E-state index in [-0.39, 0.29) is 12.3 Å². The van der Waals surface area contributed by atoms with E-state index in [0.717, 1.165) is 20.9 Å². The zero-order valence-electron chi connectivity index (χ0n) is 12.0. The summed E-state index contributed by atoms with van der Waals surface area (Å²) in [4.78, 5) is 15.1. The van der Waals surface area contributed by atoms with Gasteiger partial charge in [-0.15, -0.1) is 0 Å². The van der Waals surface area contributed by atoms with Gasteiger partial charge in [0.05, 0.1) is 12.6 Å². The molecular formula is C17H13BrFN3O. The van der Waals surface area contributed by atoms with Crippen LogP contribution >= 0.6 is 15.9 Å². The third kappa shape index (κ3) is 3.65. The number of benzene rings is 2. The van der Waals surface area contributed by atoms with E-state index in [1.165, 1.54) is 12.3 Å². The Labute approximate surface area is 140 Å². The molecule has 0 saturated heterocycles. The lowest BCUT2D eigenvalue weighted by Gasteiger charge is -2.00. The average molecular weight is 374 g/mol. The SMILES string of the molecule is O=C(Cc1c[nH]c2ccccc12)N/N=C\c1cc(Br)ccc1F. The van der Waals surface area contributed by atoms with Crippen molar-refractivity contribution in [3.63, 3.8) is 0 Å². The van der Waals surface area contributed by atoms with Crippen molar-refractivity contribution in [2.24, 2.45) is 5.10 Å². The highest BCUT2D eigenvalue weighted by molar-refractivity contribution is 9.10.